The molecular weight excluding hydrogens is 1760 g/mol. The van der Waals surface area contributed by atoms with Crippen LogP contribution in [0.15, 0.2) is 73.3 Å². The number of aromatic nitrogens is 3. The van der Waals surface area contributed by atoms with E-state index in [0.29, 0.717) is 68.3 Å². The van der Waals surface area contributed by atoms with Gasteiger partial charge in [-0.3, -0.25) is 88.1 Å². The minimum atomic E-state index is -1.51. The number of nitrogens with zero attached hydrogens (tertiary/aromatic N) is 1. The van der Waals surface area contributed by atoms with E-state index in [1.165, 1.54) is 19.4 Å². The third-order valence-corrected chi connectivity index (χ3v) is 22.5. The second-order valence-corrected chi connectivity index (χ2v) is 35.3. The first-order valence-electron chi connectivity index (χ1n) is 46.8. The highest BCUT2D eigenvalue weighted by atomic mass is 16.2. The Morgan fingerprint density at radius 1 is 0.382 bits per heavy atom. The van der Waals surface area contributed by atoms with Gasteiger partial charge in [-0.2, -0.15) is 0 Å². The van der Waals surface area contributed by atoms with Crippen molar-refractivity contribution in [3.05, 3.63) is 90.1 Å². The number of benzene rings is 2. The summed E-state index contributed by atoms with van der Waals surface area (Å²) in [6, 6.07) is -2.64. The van der Waals surface area contributed by atoms with Gasteiger partial charge in [0.15, 0.2) is 17.9 Å². The van der Waals surface area contributed by atoms with Crippen molar-refractivity contribution in [1.82, 2.24) is 105 Å². The molecule has 0 spiro atoms. The molecule has 0 unspecified atom stereocenters. The number of hydrogen-bond donors (Lipinski definition) is 30. The maximum atomic E-state index is 15.2. The number of nitrogens with two attached hydrogens (primary N) is 8. The zero-order valence-corrected chi connectivity index (χ0v) is 79.8. The normalized spacial score (nSPS) is 14.6. The van der Waals surface area contributed by atoms with Gasteiger partial charge < -0.3 is 146 Å². The number of rotatable bonds is 66. The van der Waals surface area contributed by atoms with E-state index in [1.807, 2.05) is 38.1 Å². The molecule has 0 aliphatic heterocycles. The van der Waals surface area contributed by atoms with E-state index in [-0.39, 0.29) is 140 Å². The van der Waals surface area contributed by atoms with Crippen molar-refractivity contribution in [2.75, 3.05) is 45.8 Å². The molecule has 46 nitrogen and oxygen atoms in total. The molecule has 136 heavy (non-hydrogen) atoms. The molecule has 4 aromatic rings. The van der Waals surface area contributed by atoms with Gasteiger partial charge in [-0.15, -0.1) is 0 Å². The van der Waals surface area contributed by atoms with E-state index in [9.17, 15) is 57.5 Å². The fourth-order valence-electron chi connectivity index (χ4n) is 14.7. The van der Waals surface area contributed by atoms with E-state index in [4.69, 9.17) is 62.1 Å². The number of aromatic amines is 2. The number of fused-ring (bicyclic) bond motifs is 1. The fraction of sp³-hybridized carbons (Fsp3) is 0.611. The number of nitrogens with one attached hydrogen (secondary N) is 22. The molecule has 46 heteroatoms. The number of carbonyl (C=O) groups excluding carboxylic acids is 15. The molecule has 0 fully saturated rings. The Morgan fingerprint density at radius 3 is 1.22 bits per heavy atom. The summed E-state index contributed by atoms with van der Waals surface area (Å²) in [6.45, 7) is 15.5. The molecule has 0 saturated carbocycles. The number of carbonyl (C=O) groups is 15. The Hall–Kier alpha value is -13.1. The molecule has 0 bridgehead atoms. The van der Waals surface area contributed by atoms with Crippen molar-refractivity contribution < 1.29 is 71.9 Å². The number of primary amides is 1. The van der Waals surface area contributed by atoms with Crippen molar-refractivity contribution in [1.29, 1.82) is 16.2 Å². The van der Waals surface area contributed by atoms with Gasteiger partial charge in [-0.1, -0.05) is 117 Å². The number of hydrogen-bond acceptors (Lipinski definition) is 23. The van der Waals surface area contributed by atoms with Crippen LogP contribution in [0.1, 0.15) is 195 Å². The second-order valence-electron chi connectivity index (χ2n) is 35.3. The third-order valence-electron chi connectivity index (χ3n) is 22.5. The van der Waals surface area contributed by atoms with Crippen LogP contribution in [0, 0.1) is 39.9 Å². The number of imidazole rings is 1. The predicted octanol–water partition coefficient (Wildman–Crippen LogP) is -3.86. The molecule has 38 N–H and O–H groups in total. The molecule has 0 aliphatic carbocycles. The summed E-state index contributed by atoms with van der Waals surface area (Å²) in [4.78, 5) is 225. The van der Waals surface area contributed by atoms with Crippen molar-refractivity contribution in [2.45, 2.75) is 282 Å². The van der Waals surface area contributed by atoms with E-state index in [0.717, 1.165) is 10.9 Å². The zero-order valence-electron chi connectivity index (χ0n) is 79.8. The Labute approximate surface area is 794 Å². The standard InChI is InChI=1S/C90H151N31O15/c1-10-53(8)73(86(135)107-48-71(122)109-54(9)75(124)120-72(52(6)7)87(136)119-67(42-51(4)5)81(130)112-63(31-18-21-37-93)79(128)118-70(45-57-47-102-49-108-57)85(134)110-61(74(95)123)32-22-38-103-88(96)97)121-80(129)65(34-24-40-105-90(100)101)111-77(126)64(33-23-39-104-89(98)99)114-83(132)68(43-55-25-12-11-13-26-55)117-82(131)66(41-50(2)3)116-78(127)62(30-17-20-36-92)113-84(133)69(115-76(125)59(94)28-16-19-35-91)44-56-46-106-60-29-15-14-27-58(56)60/h11-15,25-27,29,46-47,49-54,59,61-70,72-73,106H,10,16-24,28,30-45,48,91-94H2,1-9H3,(H2,95,123)(H,102,108)(H,107,135)(H,109,122)(H,110,134)(H,111,126)(H,112,130)(H,113,133)(H,114,132)(H,115,125)(H,116,127)(H,117,131)(H,118,128)(H,119,136)(H,120,124)(H,121,129)(H4,96,97,103)(H4,98,99,104)(H4,100,101,105)/t53-,54-,59-,61-,62-,63-,64-,65-,66-,67-,68-,69-,70-,72-,73-/m0/s1. The van der Waals surface area contributed by atoms with Crippen LogP contribution < -0.4 is 136 Å². The molecular formula is C90H151N31O15. The first-order valence-corrected chi connectivity index (χ1v) is 46.8. The van der Waals surface area contributed by atoms with E-state index in [2.05, 4.69) is 105 Å². The van der Waals surface area contributed by atoms with Crippen LogP contribution >= 0.6 is 0 Å². The monoisotopic (exact) mass is 1910 g/mol. The number of amides is 15. The molecule has 15 amide bonds. The number of unbranched alkanes of at least 4 members (excludes halogenated alkanes) is 3. The summed E-state index contributed by atoms with van der Waals surface area (Å²) in [6.07, 6.45) is 7.83. The summed E-state index contributed by atoms with van der Waals surface area (Å²) in [5.74, 6) is -15.2. The average molecular weight is 1910 g/mol. The van der Waals surface area contributed by atoms with Gasteiger partial charge in [-0.05, 0) is 170 Å². The smallest absolute Gasteiger partial charge is 0.243 e. The summed E-state index contributed by atoms with van der Waals surface area (Å²) < 4.78 is 0. The van der Waals surface area contributed by atoms with Crippen molar-refractivity contribution >= 4 is 117 Å². The Balaban J connectivity index is 1.57. The molecule has 756 valence electrons. The lowest BCUT2D eigenvalue weighted by atomic mass is 9.97. The van der Waals surface area contributed by atoms with E-state index >= 15 is 14.4 Å². The highest BCUT2D eigenvalue weighted by molar-refractivity contribution is 6.01. The summed E-state index contributed by atoms with van der Waals surface area (Å²) in [7, 11) is 0. The summed E-state index contributed by atoms with van der Waals surface area (Å²) in [5, 5.41) is 69.6. The largest absolute Gasteiger partial charge is 0.370 e. The molecule has 4 rings (SSSR count). The van der Waals surface area contributed by atoms with E-state index < -0.39 is 203 Å². The average Bonchev–Trinajstić information content (AvgIpc) is 1.66. The second kappa shape index (κ2) is 61.7. The highest BCUT2D eigenvalue weighted by Gasteiger charge is 2.39. The van der Waals surface area contributed by atoms with Crippen LogP contribution in [-0.2, 0) is 91.2 Å². The maximum Gasteiger partial charge on any atom is 0.243 e. The Kier molecular flexibility index (Phi) is 52.3. The lowest BCUT2D eigenvalue weighted by molar-refractivity contribution is -0.136. The number of para-hydroxylation sites is 1. The first kappa shape index (κ1) is 115. The lowest BCUT2D eigenvalue weighted by Gasteiger charge is -2.29. The predicted molar refractivity (Wildman–Crippen MR) is 515 cm³/mol. The third kappa shape index (κ3) is 43.1. The minimum absolute atomic E-state index is 0.00797. The maximum absolute atomic E-state index is 15.2. The van der Waals surface area contributed by atoms with Gasteiger partial charge in [0.1, 0.15) is 78.5 Å². The molecule has 0 aliphatic rings. The lowest BCUT2D eigenvalue weighted by Crippen LogP contribution is -2.61. The Bertz CT molecular complexity index is 4520. The van der Waals surface area contributed by atoms with Crippen LogP contribution in [0.3, 0.4) is 0 Å². The van der Waals surface area contributed by atoms with Crippen LogP contribution in [0.2, 0.25) is 0 Å². The van der Waals surface area contributed by atoms with E-state index in [1.54, 1.807) is 78.1 Å². The molecule has 0 saturated heterocycles. The minimum Gasteiger partial charge on any atom is -0.370 e. The molecule has 2 heterocycles. The van der Waals surface area contributed by atoms with Gasteiger partial charge >= 0.3 is 0 Å². The highest BCUT2D eigenvalue weighted by Crippen LogP contribution is 2.22. The van der Waals surface area contributed by atoms with Gasteiger partial charge in [0.2, 0.25) is 88.6 Å². The van der Waals surface area contributed by atoms with Crippen molar-refractivity contribution in [2.24, 2.45) is 69.5 Å². The zero-order chi connectivity index (χ0) is 101. The van der Waals surface area contributed by atoms with Gasteiger partial charge in [0.25, 0.3) is 0 Å². The van der Waals surface area contributed by atoms with Gasteiger partial charge in [-0.25, -0.2) is 4.98 Å². The van der Waals surface area contributed by atoms with Gasteiger partial charge in [0, 0.05) is 62.2 Å². The molecule has 2 aromatic carbocycles. The van der Waals surface area contributed by atoms with Crippen molar-refractivity contribution in [3.8, 4) is 0 Å². The number of guanidine groups is 3. The topological polar surface area (TPSA) is 785 Å². The van der Waals surface area contributed by atoms with Gasteiger partial charge in [0.05, 0.1) is 24.6 Å². The summed E-state index contributed by atoms with van der Waals surface area (Å²) in [5.41, 5.74) is 48.5. The Morgan fingerprint density at radius 2 is 0.772 bits per heavy atom. The molecule has 0 radical (unpaired) electrons. The fourth-order valence-corrected chi connectivity index (χ4v) is 14.7. The first-order chi connectivity index (χ1) is 64.6. The summed E-state index contributed by atoms with van der Waals surface area (Å²) >= 11 is 0. The van der Waals surface area contributed by atoms with Crippen molar-refractivity contribution in [3.63, 3.8) is 0 Å². The van der Waals surface area contributed by atoms with Crippen LogP contribution in [-0.4, -0.2) is 252 Å². The van der Waals surface area contributed by atoms with Crippen LogP contribution in [0.25, 0.3) is 10.9 Å². The number of H-pyrrole nitrogens is 2. The SMILES string of the molecule is CC[C@H](C)[C@H](NC(=O)[C@H](CCCNC(=N)N)NC(=O)[C@H](CCCNC(=N)N)NC(=O)[C@H](Cc1ccccc1)NC(=O)[C@H](CC(C)C)NC(=O)[C@H](CCCCN)NC(=O)[C@H](Cc1c[nH]c2ccccc12)NC(=O)[C@@H](N)CCCCN)C(=O)NCC(=O)N[C@@H](C)C(=O)N[C@H](C(=O)N[C@@H](CC(C)C)C(=O)N[C@@H](CCCCN)C(=O)N[C@@H](Cc1c[nH]cn1)C(=O)N[C@@H](CCCNC(=N)N)C(N)=O)C(C)C. The molecule has 2 aromatic heterocycles. The van der Waals surface area contributed by atoms with Crippen LogP contribution in [0.5, 0.6) is 0 Å². The van der Waals surface area contributed by atoms with Crippen LogP contribution in [0.4, 0.5) is 0 Å². The quantitative estimate of drug-likeness (QED) is 0.0114. The molecule has 15 atom stereocenters.